The molecule has 0 aliphatic carbocycles. The monoisotopic (exact) mass is 302 g/mol. The zero-order chi connectivity index (χ0) is 13.5. The molecule has 7 heteroatoms. The molecule has 2 heterocycles. The molecule has 6 nitrogen and oxygen atoms in total. The first-order valence-electron chi connectivity index (χ1n) is 6.82. The molecule has 114 valence electrons. The first kappa shape index (κ1) is 16.9. The van der Waals surface area contributed by atoms with E-state index in [1.54, 1.807) is 18.0 Å². The summed E-state index contributed by atoms with van der Waals surface area (Å²) in [6, 6.07) is 0.509. The molecule has 2 rings (SSSR count). The Morgan fingerprint density at radius 2 is 2.50 bits per heavy atom. The zero-order valence-electron chi connectivity index (χ0n) is 11.8. The van der Waals surface area contributed by atoms with Gasteiger partial charge in [-0.3, -0.25) is 9.48 Å². The van der Waals surface area contributed by atoms with E-state index in [1.165, 1.54) is 12.8 Å². The van der Waals surface area contributed by atoms with Crippen molar-refractivity contribution in [3.05, 3.63) is 12.4 Å². The minimum atomic E-state index is 0. The van der Waals surface area contributed by atoms with Gasteiger partial charge < -0.3 is 15.4 Å². The van der Waals surface area contributed by atoms with Crippen LogP contribution >= 0.6 is 12.4 Å². The molecule has 0 saturated carbocycles. The molecule has 1 aliphatic heterocycles. The normalized spacial score (nSPS) is 17.8. The van der Waals surface area contributed by atoms with E-state index in [-0.39, 0.29) is 18.3 Å². The Balaban J connectivity index is 0.00000200. The predicted octanol–water partition coefficient (Wildman–Crippen LogP) is 1.42. The van der Waals surface area contributed by atoms with Gasteiger partial charge in [0.2, 0.25) is 5.91 Å². The fraction of sp³-hybridized carbons (Fsp3) is 0.692. The van der Waals surface area contributed by atoms with E-state index in [1.807, 2.05) is 6.20 Å². The molecule has 0 aromatic carbocycles. The SMILES string of the molecule is COCCn1cc(NC(=O)CCC2CCCN2)cn1.Cl. The lowest BCUT2D eigenvalue weighted by molar-refractivity contribution is -0.116. The number of anilines is 1. The van der Waals surface area contributed by atoms with E-state index in [0.717, 1.165) is 18.7 Å². The molecule has 20 heavy (non-hydrogen) atoms. The van der Waals surface area contributed by atoms with Crippen LogP contribution in [0, 0.1) is 0 Å². The third-order valence-electron chi connectivity index (χ3n) is 3.32. The maximum atomic E-state index is 11.8. The Labute approximate surface area is 125 Å². The largest absolute Gasteiger partial charge is 0.383 e. The molecule has 1 atom stereocenters. The Hall–Kier alpha value is -1.11. The van der Waals surface area contributed by atoms with Crippen molar-refractivity contribution < 1.29 is 9.53 Å². The smallest absolute Gasteiger partial charge is 0.224 e. The lowest BCUT2D eigenvalue weighted by Crippen LogP contribution is -2.23. The van der Waals surface area contributed by atoms with Gasteiger partial charge in [-0.2, -0.15) is 5.10 Å². The second kappa shape index (κ2) is 8.94. The summed E-state index contributed by atoms with van der Waals surface area (Å²) in [7, 11) is 1.66. The maximum absolute atomic E-state index is 11.8. The third kappa shape index (κ3) is 5.48. The molecule has 1 saturated heterocycles. The molecule has 1 amide bonds. The number of carbonyl (C=O) groups is 1. The number of rotatable bonds is 7. The highest BCUT2D eigenvalue weighted by Crippen LogP contribution is 2.12. The van der Waals surface area contributed by atoms with Crippen molar-refractivity contribution in [1.29, 1.82) is 0 Å². The van der Waals surface area contributed by atoms with Crippen LogP contribution in [0.4, 0.5) is 5.69 Å². The van der Waals surface area contributed by atoms with E-state index in [4.69, 9.17) is 4.74 Å². The van der Waals surface area contributed by atoms with Gasteiger partial charge in [-0.05, 0) is 25.8 Å². The molecule has 1 aliphatic rings. The summed E-state index contributed by atoms with van der Waals surface area (Å²) in [4.78, 5) is 11.8. The van der Waals surface area contributed by atoms with E-state index < -0.39 is 0 Å². The molecule has 0 radical (unpaired) electrons. The van der Waals surface area contributed by atoms with Crippen LogP contribution in [0.15, 0.2) is 12.4 Å². The molecule has 1 aromatic rings. The molecule has 2 N–H and O–H groups in total. The van der Waals surface area contributed by atoms with Crippen molar-refractivity contribution in [2.24, 2.45) is 0 Å². The topological polar surface area (TPSA) is 68.2 Å². The van der Waals surface area contributed by atoms with Gasteiger partial charge in [0.15, 0.2) is 0 Å². The number of hydrogen-bond acceptors (Lipinski definition) is 4. The minimum Gasteiger partial charge on any atom is -0.383 e. The summed E-state index contributed by atoms with van der Waals surface area (Å²) in [5, 5.41) is 10.4. The number of aromatic nitrogens is 2. The molecule has 0 bridgehead atoms. The zero-order valence-corrected chi connectivity index (χ0v) is 12.6. The second-order valence-corrected chi connectivity index (χ2v) is 4.87. The van der Waals surface area contributed by atoms with Crippen LogP contribution in [-0.2, 0) is 16.1 Å². The van der Waals surface area contributed by atoms with Crippen molar-refractivity contribution in [1.82, 2.24) is 15.1 Å². The summed E-state index contributed by atoms with van der Waals surface area (Å²) in [6.07, 6.45) is 7.36. The fourth-order valence-electron chi connectivity index (χ4n) is 2.27. The highest BCUT2D eigenvalue weighted by Gasteiger charge is 2.15. The number of carbonyl (C=O) groups excluding carboxylic acids is 1. The Morgan fingerprint density at radius 1 is 1.65 bits per heavy atom. The third-order valence-corrected chi connectivity index (χ3v) is 3.32. The van der Waals surface area contributed by atoms with Gasteiger partial charge in [0.25, 0.3) is 0 Å². The highest BCUT2D eigenvalue weighted by atomic mass is 35.5. The molecule has 1 unspecified atom stereocenters. The number of amides is 1. The number of nitrogens with one attached hydrogen (secondary N) is 2. The lowest BCUT2D eigenvalue weighted by atomic mass is 10.1. The van der Waals surface area contributed by atoms with E-state index in [9.17, 15) is 4.79 Å². The number of ether oxygens (including phenoxy) is 1. The van der Waals surface area contributed by atoms with Crippen LogP contribution < -0.4 is 10.6 Å². The van der Waals surface area contributed by atoms with Crippen molar-refractivity contribution in [3.63, 3.8) is 0 Å². The van der Waals surface area contributed by atoms with Gasteiger partial charge >= 0.3 is 0 Å². The highest BCUT2D eigenvalue weighted by molar-refractivity contribution is 5.90. The average molecular weight is 303 g/mol. The van der Waals surface area contributed by atoms with Crippen molar-refractivity contribution in [2.45, 2.75) is 38.3 Å². The van der Waals surface area contributed by atoms with E-state index in [2.05, 4.69) is 15.7 Å². The van der Waals surface area contributed by atoms with Crippen LogP contribution in [0.2, 0.25) is 0 Å². The van der Waals surface area contributed by atoms with Crippen molar-refractivity contribution in [2.75, 3.05) is 25.6 Å². The fourth-order valence-corrected chi connectivity index (χ4v) is 2.27. The van der Waals surface area contributed by atoms with Crippen LogP contribution in [-0.4, -0.2) is 42.0 Å². The standard InChI is InChI=1S/C13H22N4O2.ClH/c1-19-8-7-17-10-12(9-15-17)16-13(18)5-4-11-3-2-6-14-11;/h9-11,14H,2-8H2,1H3,(H,16,18);1H. The number of methoxy groups -OCH3 is 1. The minimum absolute atomic E-state index is 0. The first-order valence-corrected chi connectivity index (χ1v) is 6.82. The van der Waals surface area contributed by atoms with Crippen LogP contribution in [0.25, 0.3) is 0 Å². The van der Waals surface area contributed by atoms with Crippen LogP contribution in [0.5, 0.6) is 0 Å². The summed E-state index contributed by atoms with van der Waals surface area (Å²) >= 11 is 0. The molecule has 1 fully saturated rings. The molecule has 0 spiro atoms. The molecular weight excluding hydrogens is 280 g/mol. The first-order chi connectivity index (χ1) is 9.28. The van der Waals surface area contributed by atoms with Crippen LogP contribution in [0.3, 0.4) is 0 Å². The second-order valence-electron chi connectivity index (χ2n) is 4.87. The van der Waals surface area contributed by atoms with Gasteiger partial charge in [-0.25, -0.2) is 0 Å². The summed E-state index contributed by atoms with van der Waals surface area (Å²) in [5.41, 5.74) is 0.750. The Kier molecular flexibility index (Phi) is 7.58. The van der Waals surface area contributed by atoms with Gasteiger partial charge in [-0.15, -0.1) is 12.4 Å². The maximum Gasteiger partial charge on any atom is 0.224 e. The number of hydrogen-bond donors (Lipinski definition) is 2. The van der Waals surface area contributed by atoms with E-state index >= 15 is 0 Å². The molecule has 1 aromatic heterocycles. The average Bonchev–Trinajstić information content (AvgIpc) is 3.05. The van der Waals surface area contributed by atoms with Gasteiger partial charge in [-0.1, -0.05) is 0 Å². The predicted molar refractivity (Wildman–Crippen MR) is 80.2 cm³/mol. The Bertz CT molecular complexity index is 405. The Morgan fingerprint density at radius 3 is 3.20 bits per heavy atom. The summed E-state index contributed by atoms with van der Waals surface area (Å²) < 4.78 is 6.74. The van der Waals surface area contributed by atoms with E-state index in [0.29, 0.717) is 25.6 Å². The van der Waals surface area contributed by atoms with Gasteiger partial charge in [0.1, 0.15) is 0 Å². The lowest BCUT2D eigenvalue weighted by Gasteiger charge is -2.09. The number of nitrogens with zero attached hydrogens (tertiary/aromatic N) is 2. The van der Waals surface area contributed by atoms with Gasteiger partial charge in [0, 0.05) is 25.8 Å². The quantitative estimate of drug-likeness (QED) is 0.799. The van der Waals surface area contributed by atoms with Crippen molar-refractivity contribution >= 4 is 24.0 Å². The van der Waals surface area contributed by atoms with Crippen molar-refractivity contribution in [3.8, 4) is 0 Å². The molecular formula is C13H23ClN4O2. The van der Waals surface area contributed by atoms with Gasteiger partial charge in [0.05, 0.1) is 25.0 Å². The number of halogens is 1. The summed E-state index contributed by atoms with van der Waals surface area (Å²) in [5.74, 6) is 0.0555. The summed E-state index contributed by atoms with van der Waals surface area (Å²) in [6.45, 7) is 2.39. The van der Waals surface area contributed by atoms with Crippen LogP contribution in [0.1, 0.15) is 25.7 Å².